The number of hydrogen-bond donors (Lipinski definition) is 2. The third-order valence-electron chi connectivity index (χ3n) is 5.28. The average Bonchev–Trinajstić information content (AvgIpc) is 2.80. The van der Waals surface area contributed by atoms with Crippen LogP contribution in [0.2, 0.25) is 0 Å². The first-order valence-corrected chi connectivity index (χ1v) is 10.3. The zero-order valence-electron chi connectivity index (χ0n) is 17.5. The van der Waals surface area contributed by atoms with Crippen LogP contribution in [0.3, 0.4) is 0 Å². The van der Waals surface area contributed by atoms with Gasteiger partial charge in [0.1, 0.15) is 5.54 Å². The number of rotatable bonds is 6. The molecule has 0 radical (unpaired) electrons. The molecule has 154 valence electrons. The lowest BCUT2D eigenvalue weighted by atomic mass is 9.80. The number of carbonyl (C=O) groups excluding carboxylic acids is 1. The Morgan fingerprint density at radius 1 is 0.839 bits per heavy atom. The minimum absolute atomic E-state index is 0.281. The lowest BCUT2D eigenvalue weighted by molar-refractivity contribution is 0.241. The molecule has 0 aliphatic carbocycles. The second kappa shape index (κ2) is 9.26. The highest BCUT2D eigenvalue weighted by Gasteiger charge is 2.37. The number of anilines is 1. The van der Waals surface area contributed by atoms with Crippen molar-refractivity contribution in [3.63, 3.8) is 0 Å². The summed E-state index contributed by atoms with van der Waals surface area (Å²) in [6, 6.07) is 33.4. The van der Waals surface area contributed by atoms with Gasteiger partial charge in [0.05, 0.1) is 5.69 Å². The van der Waals surface area contributed by atoms with Gasteiger partial charge in [-0.1, -0.05) is 78.9 Å². The molecule has 2 N–H and O–H groups in total. The Kier molecular flexibility index (Phi) is 6.08. The number of hydrogen-bond acceptors (Lipinski definition) is 2. The van der Waals surface area contributed by atoms with Crippen molar-refractivity contribution in [1.82, 2.24) is 10.3 Å². The van der Waals surface area contributed by atoms with Gasteiger partial charge >= 0.3 is 6.03 Å². The van der Waals surface area contributed by atoms with E-state index in [1.807, 2.05) is 97.9 Å². The number of aromatic nitrogens is 1. The molecular weight excluding hydrogens is 382 g/mol. The topological polar surface area (TPSA) is 54.0 Å². The van der Waals surface area contributed by atoms with Crippen LogP contribution >= 0.6 is 0 Å². The molecule has 0 aliphatic rings. The Balaban J connectivity index is 1.77. The summed E-state index contributed by atoms with van der Waals surface area (Å²) in [5.41, 5.74) is 3.85. The highest BCUT2D eigenvalue weighted by Crippen LogP contribution is 2.32. The van der Waals surface area contributed by atoms with Crippen LogP contribution in [0.15, 0.2) is 109 Å². The van der Waals surface area contributed by atoms with E-state index in [0.29, 0.717) is 6.42 Å². The van der Waals surface area contributed by atoms with Crippen LogP contribution in [-0.4, -0.2) is 11.0 Å². The van der Waals surface area contributed by atoms with Gasteiger partial charge in [-0.05, 0) is 47.9 Å². The van der Waals surface area contributed by atoms with Crippen molar-refractivity contribution in [3.8, 4) is 0 Å². The number of pyridine rings is 1. The van der Waals surface area contributed by atoms with E-state index in [-0.39, 0.29) is 6.03 Å². The Labute approximate surface area is 183 Å². The fraction of sp³-hybridized carbons (Fsp3) is 0.111. The summed E-state index contributed by atoms with van der Waals surface area (Å²) in [6.07, 6.45) is 2.33. The minimum Gasteiger partial charge on any atom is -0.322 e. The SMILES string of the molecule is Cc1cccc(NC(=O)NC(Cc2ccccc2)(c2ccccc2)c2ccccn2)c1. The molecule has 0 spiro atoms. The van der Waals surface area contributed by atoms with Crippen LogP contribution in [-0.2, 0) is 12.0 Å². The summed E-state index contributed by atoms with van der Waals surface area (Å²) in [6.45, 7) is 2.00. The van der Waals surface area contributed by atoms with Gasteiger partial charge < -0.3 is 10.6 Å². The maximum atomic E-state index is 13.2. The molecule has 0 saturated heterocycles. The first-order valence-electron chi connectivity index (χ1n) is 10.3. The van der Waals surface area contributed by atoms with Crippen LogP contribution < -0.4 is 10.6 Å². The Hall–Kier alpha value is -3.92. The zero-order valence-corrected chi connectivity index (χ0v) is 17.5. The highest BCUT2D eigenvalue weighted by atomic mass is 16.2. The van der Waals surface area contributed by atoms with Crippen LogP contribution in [0, 0.1) is 6.92 Å². The highest BCUT2D eigenvalue weighted by molar-refractivity contribution is 5.90. The van der Waals surface area contributed by atoms with Gasteiger partial charge in [-0.3, -0.25) is 4.98 Å². The number of urea groups is 1. The second-order valence-electron chi connectivity index (χ2n) is 7.60. The zero-order chi connectivity index (χ0) is 21.5. The van der Waals surface area contributed by atoms with Gasteiger partial charge in [-0.15, -0.1) is 0 Å². The monoisotopic (exact) mass is 407 g/mol. The van der Waals surface area contributed by atoms with Gasteiger partial charge in [0.2, 0.25) is 0 Å². The van der Waals surface area contributed by atoms with E-state index in [0.717, 1.165) is 28.1 Å². The van der Waals surface area contributed by atoms with E-state index in [1.54, 1.807) is 6.20 Å². The molecule has 1 unspecified atom stereocenters. The predicted molar refractivity (Wildman–Crippen MR) is 125 cm³/mol. The van der Waals surface area contributed by atoms with Crippen molar-refractivity contribution in [3.05, 3.63) is 132 Å². The van der Waals surface area contributed by atoms with E-state index in [4.69, 9.17) is 0 Å². The summed E-state index contributed by atoms with van der Waals surface area (Å²) >= 11 is 0. The molecule has 4 heteroatoms. The molecule has 3 aromatic carbocycles. The van der Waals surface area contributed by atoms with E-state index in [2.05, 4.69) is 27.8 Å². The van der Waals surface area contributed by atoms with Crippen LogP contribution in [0.4, 0.5) is 10.5 Å². The molecule has 31 heavy (non-hydrogen) atoms. The molecule has 0 bridgehead atoms. The molecule has 1 heterocycles. The Bertz CT molecular complexity index is 1090. The van der Waals surface area contributed by atoms with Crippen LogP contribution in [0.1, 0.15) is 22.4 Å². The van der Waals surface area contributed by atoms with Crippen molar-refractivity contribution in [1.29, 1.82) is 0 Å². The summed E-state index contributed by atoms with van der Waals surface area (Å²) in [5.74, 6) is 0. The molecule has 1 aromatic heterocycles. The van der Waals surface area contributed by atoms with Crippen molar-refractivity contribution in [2.45, 2.75) is 18.9 Å². The van der Waals surface area contributed by atoms with Gasteiger partial charge in [-0.2, -0.15) is 0 Å². The fourth-order valence-corrected chi connectivity index (χ4v) is 3.84. The van der Waals surface area contributed by atoms with Crippen molar-refractivity contribution < 1.29 is 4.79 Å². The quantitative estimate of drug-likeness (QED) is 0.431. The van der Waals surface area contributed by atoms with E-state index >= 15 is 0 Å². The van der Waals surface area contributed by atoms with Crippen LogP contribution in [0.25, 0.3) is 0 Å². The first kappa shape index (κ1) is 20.4. The summed E-state index contributed by atoms with van der Waals surface area (Å²) in [5, 5.41) is 6.25. The molecular formula is C27H25N3O. The minimum atomic E-state index is -0.836. The standard InChI is InChI=1S/C27H25N3O/c1-21-11-10-16-24(19-21)29-26(31)30-27(23-14-6-3-7-15-23,25-17-8-9-18-28-25)20-22-12-4-2-5-13-22/h2-19H,20H2,1H3,(H2,29,30,31). The van der Waals surface area contributed by atoms with Gasteiger partial charge in [-0.25, -0.2) is 4.79 Å². The molecule has 4 nitrogen and oxygen atoms in total. The number of nitrogens with one attached hydrogen (secondary N) is 2. The lowest BCUT2D eigenvalue weighted by Crippen LogP contribution is -2.50. The van der Waals surface area contributed by atoms with E-state index in [9.17, 15) is 4.79 Å². The number of aryl methyl sites for hydroxylation is 1. The Morgan fingerprint density at radius 3 is 2.23 bits per heavy atom. The molecule has 1 atom stereocenters. The van der Waals surface area contributed by atoms with Crippen molar-refractivity contribution in [2.75, 3.05) is 5.32 Å². The first-order chi connectivity index (χ1) is 15.2. The van der Waals surface area contributed by atoms with Gasteiger partial charge in [0, 0.05) is 18.3 Å². The van der Waals surface area contributed by atoms with E-state index in [1.165, 1.54) is 0 Å². The van der Waals surface area contributed by atoms with Crippen molar-refractivity contribution >= 4 is 11.7 Å². The van der Waals surface area contributed by atoms with Crippen LogP contribution in [0.5, 0.6) is 0 Å². The third kappa shape index (κ3) is 4.81. The largest absolute Gasteiger partial charge is 0.322 e. The Morgan fingerprint density at radius 2 is 1.55 bits per heavy atom. The third-order valence-corrected chi connectivity index (χ3v) is 5.28. The molecule has 4 aromatic rings. The summed E-state index contributed by atoms with van der Waals surface area (Å²) < 4.78 is 0. The number of benzene rings is 3. The maximum absolute atomic E-state index is 13.2. The number of amides is 2. The maximum Gasteiger partial charge on any atom is 0.320 e. The summed E-state index contributed by atoms with van der Waals surface area (Å²) in [4.78, 5) is 17.9. The molecule has 0 fully saturated rings. The van der Waals surface area contributed by atoms with Crippen molar-refractivity contribution in [2.24, 2.45) is 0 Å². The van der Waals surface area contributed by atoms with Gasteiger partial charge in [0.15, 0.2) is 0 Å². The average molecular weight is 408 g/mol. The van der Waals surface area contributed by atoms with E-state index < -0.39 is 5.54 Å². The van der Waals surface area contributed by atoms with Gasteiger partial charge in [0.25, 0.3) is 0 Å². The fourth-order valence-electron chi connectivity index (χ4n) is 3.84. The summed E-state index contributed by atoms with van der Waals surface area (Å²) in [7, 11) is 0. The molecule has 0 aliphatic heterocycles. The smallest absolute Gasteiger partial charge is 0.320 e. The molecule has 2 amide bonds. The second-order valence-corrected chi connectivity index (χ2v) is 7.60. The lowest BCUT2D eigenvalue weighted by Gasteiger charge is -2.35. The molecule has 0 saturated carbocycles. The predicted octanol–water partition coefficient (Wildman–Crippen LogP) is 5.70. The normalized spacial score (nSPS) is 12.5. The number of carbonyl (C=O) groups is 1. The number of nitrogens with zero attached hydrogens (tertiary/aromatic N) is 1. The molecule has 4 rings (SSSR count).